The molecule has 0 aromatic carbocycles. The molecule has 5 nitrogen and oxygen atoms in total. The van der Waals surface area contributed by atoms with Crippen LogP contribution in [0.1, 0.15) is 6.92 Å². The van der Waals surface area contributed by atoms with Crippen molar-refractivity contribution in [3.63, 3.8) is 0 Å². The van der Waals surface area contributed by atoms with Crippen LogP contribution in [0.25, 0.3) is 0 Å². The van der Waals surface area contributed by atoms with Crippen LogP contribution >= 0.6 is 0 Å². The normalized spacial score (nSPS) is 15.5. The fraction of sp³-hybridized carbons (Fsp3) is 1.00. The average Bonchev–Trinajstić information content (AvgIpc) is 1.97. The van der Waals surface area contributed by atoms with E-state index >= 15 is 0 Å². The largest absolute Gasteiger partial charge is 0.402 e. The summed E-state index contributed by atoms with van der Waals surface area (Å²) in [5, 5.41) is 8.67. The third-order valence-electron chi connectivity index (χ3n) is 1.03. The van der Waals surface area contributed by atoms with Gasteiger partial charge in [-0.05, 0) is 6.92 Å². The molecule has 0 bridgehead atoms. The first kappa shape index (κ1) is 13.6. The molecule has 9 heteroatoms. The van der Waals surface area contributed by atoms with Crippen molar-refractivity contribution in [3.05, 3.63) is 0 Å². The molecule has 1 atom stereocenters. The maximum absolute atomic E-state index is 11.6. The average molecular weight is 236 g/mol. The van der Waals surface area contributed by atoms with E-state index < -0.39 is 29.0 Å². The Balaban J connectivity index is 3.97. The van der Waals surface area contributed by atoms with Crippen molar-refractivity contribution in [1.29, 1.82) is 0 Å². The van der Waals surface area contributed by atoms with Crippen molar-refractivity contribution in [3.8, 4) is 0 Å². The molecule has 0 amide bonds. The lowest BCUT2D eigenvalue weighted by atomic mass is 10.4. The summed E-state index contributed by atoms with van der Waals surface area (Å²) < 4.78 is 59.3. The zero-order chi connectivity index (χ0) is 11.4. The van der Waals surface area contributed by atoms with Crippen molar-refractivity contribution in [2.75, 3.05) is 13.1 Å². The molecular weight excluding hydrogens is 225 g/mol. The molecular formula is C5H11F3N2O3S. The number of halogens is 3. The quantitative estimate of drug-likeness (QED) is 0.593. The highest BCUT2D eigenvalue weighted by atomic mass is 32.2. The Morgan fingerprint density at radius 1 is 1.36 bits per heavy atom. The van der Waals surface area contributed by atoms with Crippen molar-refractivity contribution >= 4 is 10.2 Å². The topological polar surface area (TPSA) is 78.4 Å². The Kier molecular flexibility index (Phi) is 4.78. The molecule has 14 heavy (non-hydrogen) atoms. The monoisotopic (exact) mass is 236 g/mol. The Hall–Kier alpha value is -0.380. The van der Waals surface area contributed by atoms with Crippen LogP contribution in [0.5, 0.6) is 0 Å². The minimum atomic E-state index is -4.60. The van der Waals surface area contributed by atoms with Gasteiger partial charge in [-0.15, -0.1) is 0 Å². The molecule has 0 aliphatic carbocycles. The zero-order valence-electron chi connectivity index (χ0n) is 7.30. The van der Waals surface area contributed by atoms with E-state index in [0.29, 0.717) is 0 Å². The first-order valence-electron chi connectivity index (χ1n) is 3.61. The molecule has 0 spiro atoms. The predicted molar refractivity (Wildman–Crippen MR) is 42.7 cm³/mol. The molecule has 1 unspecified atom stereocenters. The van der Waals surface area contributed by atoms with Crippen LogP contribution < -0.4 is 9.44 Å². The van der Waals surface area contributed by atoms with Gasteiger partial charge >= 0.3 is 6.18 Å². The number of aliphatic hydroxyl groups excluding tert-OH is 1. The van der Waals surface area contributed by atoms with E-state index in [9.17, 15) is 21.6 Å². The number of hydrogen-bond donors (Lipinski definition) is 3. The van der Waals surface area contributed by atoms with Crippen molar-refractivity contribution in [2.45, 2.75) is 19.2 Å². The maximum Gasteiger partial charge on any atom is 0.402 e. The van der Waals surface area contributed by atoms with Crippen LogP contribution in [0.4, 0.5) is 13.2 Å². The Labute approximate surface area is 79.5 Å². The molecule has 0 aliphatic heterocycles. The summed E-state index contributed by atoms with van der Waals surface area (Å²) in [4.78, 5) is 0. The van der Waals surface area contributed by atoms with Gasteiger partial charge in [-0.1, -0.05) is 0 Å². The smallest absolute Gasteiger partial charge is 0.392 e. The molecule has 0 rings (SSSR count). The Bertz CT molecular complexity index is 262. The van der Waals surface area contributed by atoms with E-state index in [1.165, 1.54) is 11.6 Å². The summed E-state index contributed by atoms with van der Waals surface area (Å²) in [6.45, 7) is -0.679. The fourth-order valence-electron chi connectivity index (χ4n) is 0.458. The van der Waals surface area contributed by atoms with E-state index in [1.807, 2.05) is 0 Å². The lowest BCUT2D eigenvalue weighted by Crippen LogP contribution is -2.43. The minimum Gasteiger partial charge on any atom is -0.392 e. The molecule has 0 heterocycles. The van der Waals surface area contributed by atoms with Gasteiger partial charge in [-0.3, -0.25) is 0 Å². The standard InChI is InChI=1S/C5H11F3N2O3S/c1-4(11)2-9-14(12,13)10-3-5(6,7)8/h4,9-11H,2-3H2,1H3. The second-order valence-corrected chi connectivity index (χ2v) is 4.22. The highest BCUT2D eigenvalue weighted by Crippen LogP contribution is 2.12. The lowest BCUT2D eigenvalue weighted by Gasteiger charge is -2.10. The molecule has 0 radical (unpaired) electrons. The summed E-state index contributed by atoms with van der Waals surface area (Å²) in [7, 11) is -4.19. The van der Waals surface area contributed by atoms with Crippen molar-refractivity contribution in [1.82, 2.24) is 9.44 Å². The van der Waals surface area contributed by atoms with Gasteiger partial charge in [0.2, 0.25) is 0 Å². The van der Waals surface area contributed by atoms with Gasteiger partial charge in [-0.25, -0.2) is 0 Å². The first-order chi connectivity index (χ1) is 6.12. The van der Waals surface area contributed by atoms with Crippen LogP contribution in [0, 0.1) is 0 Å². The number of aliphatic hydroxyl groups is 1. The van der Waals surface area contributed by atoms with Crippen LogP contribution in [0.3, 0.4) is 0 Å². The fourth-order valence-corrected chi connectivity index (χ4v) is 1.37. The van der Waals surface area contributed by atoms with Gasteiger partial charge in [0.15, 0.2) is 0 Å². The highest BCUT2D eigenvalue weighted by Gasteiger charge is 2.29. The first-order valence-corrected chi connectivity index (χ1v) is 5.10. The predicted octanol–water partition coefficient (Wildman–Crippen LogP) is -0.647. The number of rotatable bonds is 5. The second kappa shape index (κ2) is 4.91. The Morgan fingerprint density at radius 3 is 2.21 bits per heavy atom. The van der Waals surface area contributed by atoms with E-state index in [-0.39, 0.29) is 6.54 Å². The molecule has 0 aliphatic rings. The van der Waals surface area contributed by atoms with Crippen LogP contribution in [-0.2, 0) is 10.2 Å². The van der Waals surface area contributed by atoms with Gasteiger partial charge < -0.3 is 5.11 Å². The molecule has 0 aromatic heterocycles. The summed E-state index contributed by atoms with van der Waals surface area (Å²) in [5.41, 5.74) is 0. The number of nitrogens with one attached hydrogen (secondary N) is 2. The summed E-state index contributed by atoms with van der Waals surface area (Å²) in [6, 6.07) is 0. The van der Waals surface area contributed by atoms with E-state index in [2.05, 4.69) is 0 Å². The second-order valence-electron chi connectivity index (χ2n) is 2.64. The van der Waals surface area contributed by atoms with Gasteiger partial charge in [0.25, 0.3) is 10.2 Å². The van der Waals surface area contributed by atoms with Crippen molar-refractivity contribution in [2.24, 2.45) is 0 Å². The van der Waals surface area contributed by atoms with Gasteiger partial charge in [-0.2, -0.15) is 31.0 Å². The minimum absolute atomic E-state index is 0.340. The van der Waals surface area contributed by atoms with Crippen LogP contribution in [0.2, 0.25) is 0 Å². The third-order valence-corrected chi connectivity index (χ3v) is 2.10. The highest BCUT2D eigenvalue weighted by molar-refractivity contribution is 7.87. The van der Waals surface area contributed by atoms with E-state index in [1.54, 1.807) is 4.72 Å². The van der Waals surface area contributed by atoms with Crippen LogP contribution in [0.15, 0.2) is 0 Å². The van der Waals surface area contributed by atoms with Crippen molar-refractivity contribution < 1.29 is 26.7 Å². The van der Waals surface area contributed by atoms with Gasteiger partial charge in [0.1, 0.15) is 6.54 Å². The van der Waals surface area contributed by atoms with E-state index in [0.717, 1.165) is 0 Å². The third kappa shape index (κ3) is 8.23. The number of alkyl halides is 3. The molecule has 3 N–H and O–H groups in total. The molecule has 0 saturated heterocycles. The summed E-state index contributed by atoms with van der Waals surface area (Å²) >= 11 is 0. The zero-order valence-corrected chi connectivity index (χ0v) is 8.11. The molecule has 86 valence electrons. The van der Waals surface area contributed by atoms with E-state index in [4.69, 9.17) is 5.11 Å². The molecule has 0 aromatic rings. The molecule has 0 fully saturated rings. The number of hydrogen-bond acceptors (Lipinski definition) is 3. The SMILES string of the molecule is CC(O)CNS(=O)(=O)NCC(F)(F)F. The van der Waals surface area contributed by atoms with Gasteiger partial charge in [0, 0.05) is 6.54 Å². The lowest BCUT2D eigenvalue weighted by molar-refractivity contribution is -0.121. The van der Waals surface area contributed by atoms with Gasteiger partial charge in [0.05, 0.1) is 6.10 Å². The van der Waals surface area contributed by atoms with Crippen LogP contribution in [-0.4, -0.2) is 38.9 Å². The molecule has 0 saturated carbocycles. The summed E-state index contributed by atoms with van der Waals surface area (Å²) in [6.07, 6.45) is -5.56. The summed E-state index contributed by atoms with van der Waals surface area (Å²) in [5.74, 6) is 0. The Morgan fingerprint density at radius 2 is 1.86 bits per heavy atom. The maximum atomic E-state index is 11.6.